The molecule has 0 heterocycles. The molecular weight excluding hydrogens is 188 g/mol. The van der Waals surface area contributed by atoms with Crippen molar-refractivity contribution < 1.29 is 9.53 Å². The van der Waals surface area contributed by atoms with Gasteiger partial charge in [-0.2, -0.15) is 0 Å². The van der Waals surface area contributed by atoms with Gasteiger partial charge in [0.25, 0.3) is 0 Å². The standard InChI is InChI=1S/C10H11ClO2/c1-7-5-9(11)6-8(2)10(7)13-4-3-12/h3,5-6H,4H2,1-2H3. The molecule has 0 spiro atoms. The molecule has 0 radical (unpaired) electrons. The number of hydrogen-bond acceptors (Lipinski definition) is 2. The largest absolute Gasteiger partial charge is 0.486 e. The summed E-state index contributed by atoms with van der Waals surface area (Å²) in [6.07, 6.45) is 0.730. The van der Waals surface area contributed by atoms with Gasteiger partial charge in [-0.3, -0.25) is 4.79 Å². The Labute approximate surface area is 82.5 Å². The van der Waals surface area contributed by atoms with E-state index >= 15 is 0 Å². The molecule has 0 N–H and O–H groups in total. The smallest absolute Gasteiger partial charge is 0.157 e. The van der Waals surface area contributed by atoms with Crippen LogP contribution in [0.2, 0.25) is 5.02 Å². The molecule has 1 rings (SSSR count). The maximum absolute atomic E-state index is 10.1. The normalized spacial score (nSPS) is 9.77. The molecule has 70 valence electrons. The van der Waals surface area contributed by atoms with Gasteiger partial charge >= 0.3 is 0 Å². The highest BCUT2D eigenvalue weighted by Crippen LogP contribution is 2.26. The molecule has 0 aliphatic rings. The van der Waals surface area contributed by atoms with Crippen molar-refractivity contribution in [2.75, 3.05) is 6.61 Å². The number of ether oxygens (including phenoxy) is 1. The molecule has 0 unspecified atom stereocenters. The molecule has 0 aromatic heterocycles. The lowest BCUT2D eigenvalue weighted by atomic mass is 10.1. The number of rotatable bonds is 3. The zero-order chi connectivity index (χ0) is 9.84. The third-order valence-corrected chi connectivity index (χ3v) is 1.94. The Morgan fingerprint density at radius 2 is 1.92 bits per heavy atom. The van der Waals surface area contributed by atoms with Crippen molar-refractivity contribution in [1.82, 2.24) is 0 Å². The molecule has 0 aliphatic carbocycles. The second-order valence-corrected chi connectivity index (χ2v) is 3.28. The van der Waals surface area contributed by atoms with Crippen LogP contribution in [0.15, 0.2) is 12.1 Å². The lowest BCUT2D eigenvalue weighted by Crippen LogP contribution is -2.01. The summed E-state index contributed by atoms with van der Waals surface area (Å²) in [5.74, 6) is 0.747. The molecular formula is C10H11ClO2. The van der Waals surface area contributed by atoms with E-state index in [1.54, 1.807) is 0 Å². The van der Waals surface area contributed by atoms with Crippen molar-refractivity contribution in [3.8, 4) is 5.75 Å². The van der Waals surface area contributed by atoms with Crippen molar-refractivity contribution in [3.63, 3.8) is 0 Å². The van der Waals surface area contributed by atoms with E-state index in [-0.39, 0.29) is 6.61 Å². The minimum atomic E-state index is 0.0866. The summed E-state index contributed by atoms with van der Waals surface area (Å²) in [6.45, 7) is 3.89. The molecule has 0 saturated heterocycles. The minimum absolute atomic E-state index is 0.0866. The summed E-state index contributed by atoms with van der Waals surface area (Å²) in [5.41, 5.74) is 1.90. The van der Waals surface area contributed by atoms with Crippen LogP contribution in [0.5, 0.6) is 5.75 Å². The van der Waals surface area contributed by atoms with Crippen LogP contribution in [-0.2, 0) is 4.79 Å². The first-order valence-electron chi connectivity index (χ1n) is 3.98. The third kappa shape index (κ3) is 2.46. The van der Waals surface area contributed by atoms with Crippen LogP contribution < -0.4 is 4.74 Å². The number of aldehydes is 1. The van der Waals surface area contributed by atoms with Gasteiger partial charge in [-0.15, -0.1) is 0 Å². The van der Waals surface area contributed by atoms with Crippen LogP contribution >= 0.6 is 11.6 Å². The molecule has 2 nitrogen and oxygen atoms in total. The number of aryl methyl sites for hydroxylation is 2. The fraction of sp³-hybridized carbons (Fsp3) is 0.300. The lowest BCUT2D eigenvalue weighted by Gasteiger charge is -2.09. The summed E-state index contributed by atoms with van der Waals surface area (Å²) in [5, 5.41) is 0.688. The van der Waals surface area contributed by atoms with Crippen LogP contribution in [0.1, 0.15) is 11.1 Å². The predicted octanol–water partition coefficient (Wildman–Crippen LogP) is 2.53. The van der Waals surface area contributed by atoms with Crippen molar-refractivity contribution in [2.24, 2.45) is 0 Å². The van der Waals surface area contributed by atoms with Gasteiger partial charge in [0.15, 0.2) is 6.29 Å². The van der Waals surface area contributed by atoms with E-state index in [0.29, 0.717) is 5.02 Å². The van der Waals surface area contributed by atoms with Crippen LogP contribution in [0.3, 0.4) is 0 Å². The Morgan fingerprint density at radius 3 is 2.38 bits per heavy atom. The van der Waals surface area contributed by atoms with E-state index in [9.17, 15) is 4.79 Å². The third-order valence-electron chi connectivity index (χ3n) is 1.72. The highest BCUT2D eigenvalue weighted by molar-refractivity contribution is 6.30. The first-order chi connectivity index (χ1) is 6.15. The summed E-state index contributed by atoms with van der Waals surface area (Å²) in [6, 6.07) is 3.63. The van der Waals surface area contributed by atoms with E-state index < -0.39 is 0 Å². The average Bonchev–Trinajstić information content (AvgIpc) is 2.02. The van der Waals surface area contributed by atoms with E-state index in [0.717, 1.165) is 23.2 Å². The Bertz CT molecular complexity index is 298. The summed E-state index contributed by atoms with van der Waals surface area (Å²) in [4.78, 5) is 10.1. The van der Waals surface area contributed by atoms with Crippen LogP contribution in [0.4, 0.5) is 0 Å². The van der Waals surface area contributed by atoms with Gasteiger partial charge in [-0.05, 0) is 37.1 Å². The first-order valence-corrected chi connectivity index (χ1v) is 4.36. The summed E-state index contributed by atoms with van der Waals surface area (Å²) >= 11 is 5.83. The van der Waals surface area contributed by atoms with E-state index in [1.807, 2.05) is 26.0 Å². The molecule has 0 atom stereocenters. The van der Waals surface area contributed by atoms with Crippen molar-refractivity contribution in [1.29, 1.82) is 0 Å². The molecule has 0 saturated carbocycles. The molecule has 0 bridgehead atoms. The maximum atomic E-state index is 10.1. The molecule has 0 fully saturated rings. The number of halogens is 1. The van der Waals surface area contributed by atoms with Crippen molar-refractivity contribution in [2.45, 2.75) is 13.8 Å². The van der Waals surface area contributed by atoms with Gasteiger partial charge in [-0.1, -0.05) is 11.6 Å². The average molecular weight is 199 g/mol. The summed E-state index contributed by atoms with van der Waals surface area (Å²) < 4.78 is 5.25. The van der Waals surface area contributed by atoms with E-state index in [1.165, 1.54) is 0 Å². The van der Waals surface area contributed by atoms with E-state index in [2.05, 4.69) is 0 Å². The van der Waals surface area contributed by atoms with Crippen LogP contribution in [-0.4, -0.2) is 12.9 Å². The highest BCUT2D eigenvalue weighted by Gasteiger charge is 2.04. The first kappa shape index (κ1) is 10.1. The quantitative estimate of drug-likeness (QED) is 0.698. The Balaban J connectivity index is 2.98. The fourth-order valence-corrected chi connectivity index (χ4v) is 1.57. The van der Waals surface area contributed by atoms with Crippen LogP contribution in [0.25, 0.3) is 0 Å². The molecule has 0 aliphatic heterocycles. The molecule has 0 amide bonds. The maximum Gasteiger partial charge on any atom is 0.157 e. The highest BCUT2D eigenvalue weighted by atomic mass is 35.5. The zero-order valence-corrected chi connectivity index (χ0v) is 8.39. The number of carbonyl (C=O) groups excluding carboxylic acids is 1. The molecule has 13 heavy (non-hydrogen) atoms. The fourth-order valence-electron chi connectivity index (χ4n) is 1.24. The lowest BCUT2D eigenvalue weighted by molar-refractivity contribution is -0.109. The number of benzene rings is 1. The molecule has 3 heteroatoms. The molecule has 1 aromatic rings. The zero-order valence-electron chi connectivity index (χ0n) is 7.63. The van der Waals surface area contributed by atoms with Gasteiger partial charge in [0.2, 0.25) is 0 Å². The van der Waals surface area contributed by atoms with E-state index in [4.69, 9.17) is 16.3 Å². The Kier molecular flexibility index (Phi) is 3.32. The van der Waals surface area contributed by atoms with Crippen molar-refractivity contribution >= 4 is 17.9 Å². The monoisotopic (exact) mass is 198 g/mol. The second-order valence-electron chi connectivity index (χ2n) is 2.85. The van der Waals surface area contributed by atoms with Gasteiger partial charge in [0.05, 0.1) is 0 Å². The minimum Gasteiger partial charge on any atom is -0.486 e. The van der Waals surface area contributed by atoms with Crippen molar-refractivity contribution in [3.05, 3.63) is 28.3 Å². The predicted molar refractivity (Wildman–Crippen MR) is 52.5 cm³/mol. The number of hydrogen-bond donors (Lipinski definition) is 0. The Morgan fingerprint density at radius 1 is 1.38 bits per heavy atom. The topological polar surface area (TPSA) is 26.3 Å². The van der Waals surface area contributed by atoms with Gasteiger partial charge in [-0.25, -0.2) is 0 Å². The van der Waals surface area contributed by atoms with Gasteiger partial charge < -0.3 is 4.74 Å². The summed E-state index contributed by atoms with van der Waals surface area (Å²) in [7, 11) is 0. The van der Waals surface area contributed by atoms with Gasteiger partial charge in [0, 0.05) is 5.02 Å². The SMILES string of the molecule is Cc1cc(Cl)cc(C)c1OCC=O. The van der Waals surface area contributed by atoms with Gasteiger partial charge in [0.1, 0.15) is 12.4 Å². The van der Waals surface area contributed by atoms with Crippen LogP contribution in [0, 0.1) is 13.8 Å². The number of carbonyl (C=O) groups is 1. The Hall–Kier alpha value is -1.02. The second kappa shape index (κ2) is 4.28. The molecule has 1 aromatic carbocycles.